The zero-order valence-electron chi connectivity index (χ0n) is 8.71. The van der Waals surface area contributed by atoms with Gasteiger partial charge < -0.3 is 4.90 Å². The molecule has 1 amide bonds. The summed E-state index contributed by atoms with van der Waals surface area (Å²) in [4.78, 5) is 12.9. The number of halogens is 3. The summed E-state index contributed by atoms with van der Waals surface area (Å²) in [7, 11) is 0. The van der Waals surface area contributed by atoms with Crippen LogP contribution >= 0.6 is 15.9 Å². The minimum atomic E-state index is -0.739. The van der Waals surface area contributed by atoms with E-state index >= 15 is 0 Å². The molecule has 1 aromatic carbocycles. The summed E-state index contributed by atoms with van der Waals surface area (Å²) >= 11 is 2.78. The number of carbonyl (C=O) groups excluding carboxylic acids is 1. The van der Waals surface area contributed by atoms with Gasteiger partial charge in [-0.1, -0.05) is 0 Å². The molecule has 0 N–H and O–H groups in total. The maximum Gasteiger partial charge on any atom is 0.228 e. The maximum atomic E-state index is 13.3. The van der Waals surface area contributed by atoms with Gasteiger partial charge in [-0.3, -0.25) is 4.79 Å². The first kappa shape index (κ1) is 12.1. The van der Waals surface area contributed by atoms with Gasteiger partial charge in [-0.25, -0.2) is 8.78 Å². The summed E-state index contributed by atoms with van der Waals surface area (Å²) in [6.45, 7) is 0.301. The number of nitrogens with zero attached hydrogens (tertiary/aromatic N) is 1. The van der Waals surface area contributed by atoms with Crippen LogP contribution in [-0.2, 0) is 4.79 Å². The zero-order valence-corrected chi connectivity index (χ0v) is 10.3. The summed E-state index contributed by atoms with van der Waals surface area (Å²) in [5.74, 6) is 0.587. The summed E-state index contributed by atoms with van der Waals surface area (Å²) < 4.78 is 26.4. The van der Waals surface area contributed by atoms with Crippen LogP contribution in [0.4, 0.5) is 14.5 Å². The lowest BCUT2D eigenvalue weighted by Gasteiger charge is -2.16. The van der Waals surface area contributed by atoms with E-state index in [0.717, 1.165) is 12.1 Å². The van der Waals surface area contributed by atoms with Crippen LogP contribution in [0.5, 0.6) is 0 Å². The molecule has 2 nitrogen and oxygen atoms in total. The Bertz CT molecular complexity index is 501. The summed E-state index contributed by atoms with van der Waals surface area (Å²) in [5, 5.41) is 0. The van der Waals surface area contributed by atoms with Crippen molar-refractivity contribution in [3.05, 3.63) is 28.2 Å². The minimum absolute atomic E-state index is 0.197. The Morgan fingerprint density at radius 1 is 1.41 bits per heavy atom. The molecule has 0 aromatic heterocycles. The van der Waals surface area contributed by atoms with E-state index in [-0.39, 0.29) is 28.4 Å². The second-order valence-corrected chi connectivity index (χ2v) is 4.59. The molecule has 0 radical (unpaired) electrons. The molecule has 1 aliphatic heterocycles. The fraction of sp³-hybridized carbons (Fsp3) is 0.250. The number of hydrogen-bond acceptors (Lipinski definition) is 1. The Kier molecular flexibility index (Phi) is 3.16. The number of anilines is 1. The average molecular weight is 300 g/mol. The highest BCUT2D eigenvalue weighted by Crippen LogP contribution is 2.29. The lowest BCUT2D eigenvalue weighted by Crippen LogP contribution is -2.24. The molecule has 1 aliphatic rings. The molecule has 0 bridgehead atoms. The van der Waals surface area contributed by atoms with E-state index < -0.39 is 11.6 Å². The molecule has 17 heavy (non-hydrogen) atoms. The maximum absolute atomic E-state index is 13.3. The van der Waals surface area contributed by atoms with Crippen molar-refractivity contribution in [3.63, 3.8) is 0 Å². The smallest absolute Gasteiger partial charge is 0.228 e. The first-order chi connectivity index (χ1) is 8.02. The van der Waals surface area contributed by atoms with Crippen LogP contribution in [0.15, 0.2) is 16.6 Å². The van der Waals surface area contributed by atoms with E-state index in [0.29, 0.717) is 6.54 Å². The minimum Gasteiger partial charge on any atom is -0.311 e. The summed E-state index contributed by atoms with van der Waals surface area (Å²) in [6.07, 6.45) is 5.45. The highest BCUT2D eigenvalue weighted by molar-refractivity contribution is 9.10. The van der Waals surface area contributed by atoms with Gasteiger partial charge in [-0.2, -0.15) is 0 Å². The van der Waals surface area contributed by atoms with Crippen LogP contribution in [0.2, 0.25) is 0 Å². The number of amides is 1. The second kappa shape index (κ2) is 4.46. The van der Waals surface area contributed by atoms with Crippen LogP contribution in [0.1, 0.15) is 6.42 Å². The Morgan fingerprint density at radius 2 is 2.00 bits per heavy atom. The van der Waals surface area contributed by atoms with Gasteiger partial charge >= 0.3 is 0 Å². The molecule has 0 spiro atoms. The highest BCUT2D eigenvalue weighted by Gasteiger charge is 2.30. The van der Waals surface area contributed by atoms with Crippen LogP contribution < -0.4 is 4.90 Å². The quantitative estimate of drug-likeness (QED) is 0.577. The van der Waals surface area contributed by atoms with E-state index in [4.69, 9.17) is 6.42 Å². The normalized spacial score (nSPS) is 19.5. The summed E-state index contributed by atoms with van der Waals surface area (Å²) in [6, 6.07) is 2.23. The van der Waals surface area contributed by atoms with Crippen molar-refractivity contribution >= 4 is 27.5 Å². The molecule has 1 atom stereocenters. The molecule has 1 aromatic rings. The number of hydrogen-bond donors (Lipinski definition) is 0. The molecule has 0 aliphatic carbocycles. The van der Waals surface area contributed by atoms with Crippen molar-refractivity contribution in [2.24, 2.45) is 5.92 Å². The Morgan fingerprint density at radius 3 is 2.47 bits per heavy atom. The van der Waals surface area contributed by atoms with E-state index in [9.17, 15) is 13.6 Å². The molecule has 1 heterocycles. The average Bonchev–Trinajstić information content (AvgIpc) is 2.67. The van der Waals surface area contributed by atoms with Crippen LogP contribution in [-0.4, -0.2) is 12.5 Å². The number of rotatable bonds is 1. The molecule has 1 unspecified atom stereocenters. The van der Waals surface area contributed by atoms with Crippen molar-refractivity contribution < 1.29 is 13.6 Å². The fourth-order valence-electron chi connectivity index (χ4n) is 1.77. The van der Waals surface area contributed by atoms with Crippen LogP contribution in [0.3, 0.4) is 0 Å². The number of benzene rings is 1. The van der Waals surface area contributed by atoms with Gasteiger partial charge in [-0.05, 0) is 28.1 Å². The Balaban J connectivity index is 2.36. The SMILES string of the molecule is C#CC1CC(=O)N(c2cc(F)c(Br)c(F)c2)C1. The third kappa shape index (κ3) is 2.18. The predicted molar refractivity (Wildman–Crippen MR) is 63.4 cm³/mol. The van der Waals surface area contributed by atoms with E-state index in [1.165, 1.54) is 4.90 Å². The fourth-order valence-corrected chi connectivity index (χ4v) is 2.00. The van der Waals surface area contributed by atoms with Gasteiger partial charge in [0.2, 0.25) is 5.91 Å². The molecule has 2 rings (SSSR count). The van der Waals surface area contributed by atoms with Gasteiger partial charge in [0.15, 0.2) is 0 Å². The predicted octanol–water partition coefficient (Wildman–Crippen LogP) is 2.71. The molecule has 88 valence electrons. The van der Waals surface area contributed by atoms with Crippen molar-refractivity contribution in [3.8, 4) is 12.3 Å². The number of terminal acetylenes is 1. The van der Waals surface area contributed by atoms with Gasteiger partial charge in [0.1, 0.15) is 11.6 Å². The largest absolute Gasteiger partial charge is 0.311 e. The van der Waals surface area contributed by atoms with Gasteiger partial charge in [0, 0.05) is 24.6 Å². The molecule has 1 saturated heterocycles. The number of carbonyl (C=O) groups is 1. The first-order valence-electron chi connectivity index (χ1n) is 4.94. The third-order valence-electron chi connectivity index (χ3n) is 2.64. The lowest BCUT2D eigenvalue weighted by atomic mass is 10.1. The van der Waals surface area contributed by atoms with Gasteiger partial charge in [0.05, 0.1) is 4.47 Å². The first-order valence-corrected chi connectivity index (χ1v) is 5.73. The third-order valence-corrected chi connectivity index (χ3v) is 3.40. The van der Waals surface area contributed by atoms with E-state index in [2.05, 4.69) is 21.9 Å². The van der Waals surface area contributed by atoms with Gasteiger partial charge in [-0.15, -0.1) is 12.3 Å². The molecule has 5 heteroatoms. The Hall–Kier alpha value is -1.41. The van der Waals surface area contributed by atoms with Crippen molar-refractivity contribution in [2.75, 3.05) is 11.4 Å². The molecular formula is C12H8BrF2NO. The standard InChI is InChI=1S/C12H8BrF2NO/c1-2-7-3-11(17)16(6-7)8-4-9(14)12(13)10(15)5-8/h1,4-5,7H,3,6H2. The monoisotopic (exact) mass is 299 g/mol. The molecule has 1 fully saturated rings. The van der Waals surface area contributed by atoms with Crippen molar-refractivity contribution in [1.82, 2.24) is 0 Å². The van der Waals surface area contributed by atoms with Crippen LogP contribution in [0.25, 0.3) is 0 Å². The summed E-state index contributed by atoms with van der Waals surface area (Å²) in [5.41, 5.74) is 0.200. The van der Waals surface area contributed by atoms with Crippen molar-refractivity contribution in [2.45, 2.75) is 6.42 Å². The van der Waals surface area contributed by atoms with E-state index in [1.54, 1.807) is 0 Å². The Labute approximate surface area is 106 Å². The molecule has 0 saturated carbocycles. The highest BCUT2D eigenvalue weighted by atomic mass is 79.9. The topological polar surface area (TPSA) is 20.3 Å². The van der Waals surface area contributed by atoms with E-state index in [1.807, 2.05) is 0 Å². The zero-order chi connectivity index (χ0) is 12.6. The van der Waals surface area contributed by atoms with Crippen LogP contribution in [0, 0.1) is 29.9 Å². The second-order valence-electron chi connectivity index (χ2n) is 3.80. The lowest BCUT2D eigenvalue weighted by molar-refractivity contribution is -0.117. The van der Waals surface area contributed by atoms with Crippen molar-refractivity contribution in [1.29, 1.82) is 0 Å². The van der Waals surface area contributed by atoms with Gasteiger partial charge in [0.25, 0.3) is 0 Å². The molecular weight excluding hydrogens is 292 g/mol.